The van der Waals surface area contributed by atoms with Gasteiger partial charge in [-0.25, -0.2) is 9.18 Å². The van der Waals surface area contributed by atoms with Gasteiger partial charge in [-0.15, -0.1) is 5.10 Å². The summed E-state index contributed by atoms with van der Waals surface area (Å²) >= 11 is 0. The molecule has 3 aromatic rings. The van der Waals surface area contributed by atoms with Crippen LogP contribution < -0.4 is 5.32 Å². The number of ether oxygens (including phenoxy) is 1. The molecule has 1 amide bonds. The summed E-state index contributed by atoms with van der Waals surface area (Å²) in [6, 6.07) is 11.5. The topological polar surface area (TPSA) is 86.1 Å². The number of aromatic nitrogens is 3. The Labute approximate surface area is 161 Å². The smallest absolute Gasteiger partial charge is 0.361 e. The van der Waals surface area contributed by atoms with Gasteiger partial charge in [-0.2, -0.15) is 9.90 Å². The van der Waals surface area contributed by atoms with Crippen molar-refractivity contribution in [1.29, 1.82) is 0 Å². The summed E-state index contributed by atoms with van der Waals surface area (Å²) in [4.78, 5) is 25.5. The number of esters is 1. The Hall–Kier alpha value is -3.55. The average molecular weight is 382 g/mol. The van der Waals surface area contributed by atoms with Crippen LogP contribution in [0.4, 0.5) is 10.1 Å². The van der Waals surface area contributed by atoms with Crippen molar-refractivity contribution >= 4 is 17.6 Å². The fourth-order valence-electron chi connectivity index (χ4n) is 2.65. The zero-order valence-electron chi connectivity index (χ0n) is 15.7. The first-order chi connectivity index (χ1) is 13.3. The summed E-state index contributed by atoms with van der Waals surface area (Å²) in [6.45, 7) is 4.96. The van der Waals surface area contributed by atoms with Crippen molar-refractivity contribution in [3.8, 4) is 5.69 Å². The zero-order chi connectivity index (χ0) is 20.3. The molecule has 3 rings (SSSR count). The molecule has 7 nitrogen and oxygen atoms in total. The number of anilines is 1. The first-order valence-electron chi connectivity index (χ1n) is 8.58. The first kappa shape index (κ1) is 19.2. The van der Waals surface area contributed by atoms with E-state index in [2.05, 4.69) is 15.5 Å². The molecule has 28 heavy (non-hydrogen) atoms. The Morgan fingerprint density at radius 3 is 2.57 bits per heavy atom. The number of aryl methyl sites for hydroxylation is 3. The quantitative estimate of drug-likeness (QED) is 0.685. The van der Waals surface area contributed by atoms with Crippen molar-refractivity contribution < 1.29 is 18.7 Å². The highest BCUT2D eigenvalue weighted by atomic mass is 19.1. The van der Waals surface area contributed by atoms with Gasteiger partial charge < -0.3 is 10.1 Å². The number of carbonyl (C=O) groups is 2. The number of hydrogen-bond acceptors (Lipinski definition) is 5. The molecule has 0 aliphatic heterocycles. The van der Waals surface area contributed by atoms with Gasteiger partial charge in [0.25, 0.3) is 5.91 Å². The fourth-order valence-corrected chi connectivity index (χ4v) is 2.65. The van der Waals surface area contributed by atoms with E-state index in [1.165, 1.54) is 23.0 Å². The van der Waals surface area contributed by atoms with E-state index < -0.39 is 24.3 Å². The van der Waals surface area contributed by atoms with Gasteiger partial charge in [0.1, 0.15) is 5.82 Å². The van der Waals surface area contributed by atoms with Crippen molar-refractivity contribution in [3.05, 3.63) is 70.8 Å². The molecular formula is C20H19FN4O3. The SMILES string of the molecule is Cc1ccc(-n2nc(C)c(C(=O)OCC(=O)Nc3ccccc3F)n2)c(C)c1. The Bertz CT molecular complexity index is 1050. The molecule has 0 saturated carbocycles. The maximum absolute atomic E-state index is 13.5. The molecular weight excluding hydrogens is 363 g/mol. The molecule has 1 heterocycles. The van der Waals surface area contributed by atoms with E-state index in [9.17, 15) is 14.0 Å². The lowest BCUT2D eigenvalue weighted by Gasteiger charge is -2.06. The maximum Gasteiger partial charge on any atom is 0.361 e. The average Bonchev–Trinajstić information content (AvgIpc) is 3.03. The molecule has 0 saturated heterocycles. The summed E-state index contributed by atoms with van der Waals surface area (Å²) in [5, 5.41) is 10.8. The van der Waals surface area contributed by atoms with Crippen LogP contribution in [0.25, 0.3) is 5.69 Å². The van der Waals surface area contributed by atoms with Crippen LogP contribution in [0.5, 0.6) is 0 Å². The van der Waals surface area contributed by atoms with Gasteiger partial charge in [0, 0.05) is 0 Å². The second-order valence-electron chi connectivity index (χ2n) is 6.32. The van der Waals surface area contributed by atoms with Crippen LogP contribution in [-0.4, -0.2) is 33.5 Å². The zero-order valence-corrected chi connectivity index (χ0v) is 15.7. The highest BCUT2D eigenvalue weighted by Crippen LogP contribution is 2.16. The molecule has 0 bridgehead atoms. The lowest BCUT2D eigenvalue weighted by atomic mass is 10.1. The van der Waals surface area contributed by atoms with Crippen LogP contribution in [0.15, 0.2) is 42.5 Å². The number of rotatable bonds is 5. The first-order valence-corrected chi connectivity index (χ1v) is 8.58. The number of nitrogens with one attached hydrogen (secondary N) is 1. The van der Waals surface area contributed by atoms with E-state index in [-0.39, 0.29) is 11.4 Å². The number of nitrogens with zero attached hydrogens (tertiary/aromatic N) is 3. The second kappa shape index (κ2) is 7.99. The normalized spacial score (nSPS) is 10.6. The predicted octanol–water partition coefficient (Wildman–Crippen LogP) is 3.13. The number of halogens is 1. The molecule has 0 radical (unpaired) electrons. The van der Waals surface area contributed by atoms with Crippen molar-refractivity contribution in [2.24, 2.45) is 0 Å². The third kappa shape index (κ3) is 4.22. The molecule has 0 unspecified atom stereocenters. The lowest BCUT2D eigenvalue weighted by Crippen LogP contribution is -2.22. The second-order valence-corrected chi connectivity index (χ2v) is 6.32. The van der Waals surface area contributed by atoms with E-state index in [4.69, 9.17) is 4.74 Å². The molecule has 0 atom stereocenters. The van der Waals surface area contributed by atoms with Gasteiger partial charge in [-0.3, -0.25) is 4.79 Å². The van der Waals surface area contributed by atoms with Crippen molar-refractivity contribution in [1.82, 2.24) is 15.0 Å². The van der Waals surface area contributed by atoms with Crippen molar-refractivity contribution in [2.45, 2.75) is 20.8 Å². The van der Waals surface area contributed by atoms with Crippen LogP contribution in [0, 0.1) is 26.6 Å². The largest absolute Gasteiger partial charge is 0.451 e. The molecule has 1 N–H and O–H groups in total. The Morgan fingerprint density at radius 2 is 1.86 bits per heavy atom. The molecule has 0 aliphatic rings. The third-order valence-electron chi connectivity index (χ3n) is 4.03. The minimum absolute atomic E-state index is 0.0127. The minimum Gasteiger partial charge on any atom is -0.451 e. The van der Waals surface area contributed by atoms with Crippen LogP contribution in [0.2, 0.25) is 0 Å². The van der Waals surface area contributed by atoms with E-state index in [0.717, 1.165) is 16.8 Å². The van der Waals surface area contributed by atoms with Gasteiger partial charge in [0.15, 0.2) is 12.3 Å². The Kier molecular flexibility index (Phi) is 5.49. The van der Waals surface area contributed by atoms with Gasteiger partial charge in [0.2, 0.25) is 0 Å². The summed E-state index contributed by atoms with van der Waals surface area (Å²) in [5.41, 5.74) is 3.20. The highest BCUT2D eigenvalue weighted by molar-refractivity contribution is 5.95. The molecule has 0 spiro atoms. The van der Waals surface area contributed by atoms with Crippen LogP contribution in [0.1, 0.15) is 27.3 Å². The standard InChI is InChI=1S/C20H19FN4O3/c1-12-8-9-17(13(2)10-12)25-23-14(3)19(24-25)20(27)28-11-18(26)22-16-7-5-4-6-15(16)21/h4-10H,11H2,1-3H3,(H,22,26). The minimum atomic E-state index is -0.780. The number of benzene rings is 2. The summed E-state index contributed by atoms with van der Waals surface area (Å²) in [7, 11) is 0. The van der Waals surface area contributed by atoms with Crippen LogP contribution >= 0.6 is 0 Å². The number of amides is 1. The number of hydrogen-bond donors (Lipinski definition) is 1. The molecule has 144 valence electrons. The molecule has 0 fully saturated rings. The van der Waals surface area contributed by atoms with Gasteiger partial charge in [-0.05, 0) is 44.5 Å². The van der Waals surface area contributed by atoms with Crippen molar-refractivity contribution in [2.75, 3.05) is 11.9 Å². The van der Waals surface area contributed by atoms with Gasteiger partial charge in [-0.1, -0.05) is 29.8 Å². The summed E-state index contributed by atoms with van der Waals surface area (Å²) in [5.74, 6) is -2.01. The van der Waals surface area contributed by atoms with E-state index >= 15 is 0 Å². The lowest BCUT2D eigenvalue weighted by molar-refractivity contribution is -0.119. The van der Waals surface area contributed by atoms with Gasteiger partial charge >= 0.3 is 5.97 Å². The summed E-state index contributed by atoms with van der Waals surface area (Å²) < 4.78 is 18.5. The van der Waals surface area contributed by atoms with E-state index in [0.29, 0.717) is 5.69 Å². The van der Waals surface area contributed by atoms with E-state index in [1.807, 2.05) is 32.0 Å². The highest BCUT2D eigenvalue weighted by Gasteiger charge is 2.20. The monoisotopic (exact) mass is 382 g/mol. The molecule has 1 aromatic heterocycles. The van der Waals surface area contributed by atoms with Crippen LogP contribution in [0.3, 0.4) is 0 Å². The Morgan fingerprint density at radius 1 is 1.11 bits per heavy atom. The van der Waals surface area contributed by atoms with Crippen molar-refractivity contribution in [3.63, 3.8) is 0 Å². The number of para-hydroxylation sites is 1. The maximum atomic E-state index is 13.5. The van der Waals surface area contributed by atoms with Crippen LogP contribution in [-0.2, 0) is 9.53 Å². The van der Waals surface area contributed by atoms with Gasteiger partial charge in [0.05, 0.1) is 17.1 Å². The number of carbonyl (C=O) groups excluding carboxylic acids is 2. The molecule has 0 aliphatic carbocycles. The third-order valence-corrected chi connectivity index (χ3v) is 4.03. The summed E-state index contributed by atoms with van der Waals surface area (Å²) in [6.07, 6.45) is 0. The fraction of sp³-hybridized carbons (Fsp3) is 0.200. The van der Waals surface area contributed by atoms with E-state index in [1.54, 1.807) is 13.0 Å². The molecule has 8 heteroatoms. The Balaban J connectivity index is 1.67. The predicted molar refractivity (Wildman–Crippen MR) is 101 cm³/mol. The molecule has 2 aromatic carbocycles.